The molecule has 35 heavy (non-hydrogen) atoms. The Morgan fingerprint density at radius 3 is 2.29 bits per heavy atom. The highest BCUT2D eigenvalue weighted by molar-refractivity contribution is 7.19. The number of aryl methyl sites for hydroxylation is 1. The molecule has 0 atom stereocenters. The van der Waals surface area contributed by atoms with Gasteiger partial charge in [0.05, 0.1) is 32.9 Å². The van der Waals surface area contributed by atoms with Crippen LogP contribution in [0.3, 0.4) is 0 Å². The minimum absolute atomic E-state index is 0.0763. The number of fused-ring (bicyclic) bond motifs is 1. The zero-order valence-electron chi connectivity index (χ0n) is 18.6. The third-order valence-corrected chi connectivity index (χ3v) is 7.48. The van der Waals surface area contributed by atoms with Gasteiger partial charge in [-0.1, -0.05) is 36.4 Å². The Balaban J connectivity index is 1.42. The summed E-state index contributed by atoms with van der Waals surface area (Å²) in [5.74, 6) is -1.49. The van der Waals surface area contributed by atoms with E-state index in [1.165, 1.54) is 35.6 Å². The third-order valence-electron chi connectivity index (χ3n) is 6.42. The zero-order valence-corrected chi connectivity index (χ0v) is 19.4. The Labute approximate surface area is 202 Å². The number of carboxylic acid groups (broad SMARTS) is 1. The van der Waals surface area contributed by atoms with Gasteiger partial charge < -0.3 is 19.8 Å². The molecule has 2 aromatic carbocycles. The lowest BCUT2D eigenvalue weighted by Crippen LogP contribution is -2.35. The van der Waals surface area contributed by atoms with Crippen LogP contribution >= 0.6 is 11.3 Å². The molecule has 0 bridgehead atoms. The number of carbonyl (C=O) groups is 2. The molecule has 4 aromatic rings. The minimum Gasteiger partial charge on any atom is -0.545 e. The highest BCUT2D eigenvalue weighted by atomic mass is 32.1. The van der Waals surface area contributed by atoms with Crippen molar-refractivity contribution in [3.8, 4) is 0 Å². The monoisotopic (exact) mass is 497 g/mol. The van der Waals surface area contributed by atoms with Crippen molar-refractivity contribution in [3.05, 3.63) is 93.5 Å². The molecule has 0 spiro atoms. The van der Waals surface area contributed by atoms with Crippen LogP contribution < -0.4 is 10.4 Å². The van der Waals surface area contributed by atoms with Gasteiger partial charge in [0.2, 0.25) is 0 Å². The topological polar surface area (TPSA) is 74.2 Å². The molecular weight excluding hydrogens is 477 g/mol. The van der Waals surface area contributed by atoms with E-state index in [9.17, 15) is 27.9 Å². The lowest BCUT2D eigenvalue weighted by Gasteiger charge is -2.19. The number of halogens is 3. The summed E-state index contributed by atoms with van der Waals surface area (Å²) in [5.41, 5.74) is 1.64. The van der Waals surface area contributed by atoms with Crippen molar-refractivity contribution in [3.63, 3.8) is 0 Å². The fourth-order valence-electron chi connectivity index (χ4n) is 4.40. The lowest BCUT2D eigenvalue weighted by molar-refractivity contribution is -0.255. The number of benzene rings is 2. The number of nitrogens with zero attached hydrogens (tertiary/aromatic N) is 1. The zero-order chi connectivity index (χ0) is 25.0. The van der Waals surface area contributed by atoms with Crippen molar-refractivity contribution in [1.82, 2.24) is 9.88 Å². The Bertz CT molecular complexity index is 1430. The Morgan fingerprint density at radius 1 is 1.06 bits per heavy atom. The van der Waals surface area contributed by atoms with Gasteiger partial charge in [0, 0.05) is 17.6 Å². The number of amides is 1. The van der Waals surface area contributed by atoms with E-state index < -0.39 is 23.2 Å². The number of carboxylic acids is 1. The summed E-state index contributed by atoms with van der Waals surface area (Å²) in [6.45, 7) is 2.20. The molecule has 2 heterocycles. The lowest BCUT2D eigenvalue weighted by atomic mass is 10.0. The average molecular weight is 498 g/mol. The second kappa shape index (κ2) is 8.27. The first-order valence-corrected chi connectivity index (χ1v) is 11.8. The van der Waals surface area contributed by atoms with Gasteiger partial charge in [-0.2, -0.15) is 13.2 Å². The van der Waals surface area contributed by atoms with Crippen molar-refractivity contribution in [1.29, 1.82) is 0 Å². The molecule has 5 nitrogen and oxygen atoms in total. The number of thiophene rings is 1. The smallest absolute Gasteiger partial charge is 0.416 e. The largest absolute Gasteiger partial charge is 0.545 e. The maximum absolute atomic E-state index is 13.5. The van der Waals surface area contributed by atoms with Crippen LogP contribution in [0.5, 0.6) is 0 Å². The maximum Gasteiger partial charge on any atom is 0.416 e. The average Bonchev–Trinajstić information content (AvgIpc) is 3.38. The summed E-state index contributed by atoms with van der Waals surface area (Å²) >= 11 is 1.49. The number of nitrogens with one attached hydrogen (secondary N) is 1. The van der Waals surface area contributed by atoms with E-state index in [4.69, 9.17) is 0 Å². The molecule has 0 saturated heterocycles. The predicted octanol–water partition coefficient (Wildman–Crippen LogP) is 4.86. The van der Waals surface area contributed by atoms with Crippen molar-refractivity contribution in [2.75, 3.05) is 0 Å². The van der Waals surface area contributed by atoms with Gasteiger partial charge in [0.1, 0.15) is 0 Å². The fourth-order valence-corrected chi connectivity index (χ4v) is 5.46. The Morgan fingerprint density at radius 2 is 1.71 bits per heavy atom. The van der Waals surface area contributed by atoms with Crippen molar-refractivity contribution < 1.29 is 27.9 Å². The van der Waals surface area contributed by atoms with Crippen LogP contribution in [0.4, 0.5) is 13.2 Å². The van der Waals surface area contributed by atoms with Crippen LogP contribution in [0.15, 0.2) is 60.8 Å². The van der Waals surface area contributed by atoms with Crippen molar-refractivity contribution in [2.24, 2.45) is 0 Å². The maximum atomic E-state index is 13.5. The van der Waals surface area contributed by atoms with Crippen LogP contribution in [0, 0.1) is 6.92 Å². The first-order valence-electron chi connectivity index (χ1n) is 11.0. The number of aromatic nitrogens is 1. The number of hydrogen-bond donors (Lipinski definition) is 1. The van der Waals surface area contributed by atoms with Gasteiger partial charge in [0.15, 0.2) is 0 Å². The van der Waals surface area contributed by atoms with Crippen molar-refractivity contribution in [2.45, 2.75) is 38.0 Å². The molecule has 1 saturated carbocycles. The first kappa shape index (κ1) is 23.2. The van der Waals surface area contributed by atoms with E-state index in [0.29, 0.717) is 17.7 Å². The minimum atomic E-state index is -4.39. The third kappa shape index (κ3) is 4.32. The molecule has 5 rings (SSSR count). The van der Waals surface area contributed by atoms with E-state index in [-0.39, 0.29) is 11.5 Å². The fraction of sp³-hybridized carbons (Fsp3) is 0.231. The second-order valence-electron chi connectivity index (χ2n) is 8.79. The summed E-state index contributed by atoms with van der Waals surface area (Å²) in [4.78, 5) is 25.3. The van der Waals surface area contributed by atoms with Gasteiger partial charge in [0.25, 0.3) is 5.91 Å². The molecule has 1 fully saturated rings. The molecule has 0 unspecified atom stereocenters. The molecule has 1 N–H and O–H groups in total. The number of aromatic carboxylic acids is 1. The van der Waals surface area contributed by atoms with Crippen molar-refractivity contribution >= 4 is 33.4 Å². The molecule has 180 valence electrons. The van der Waals surface area contributed by atoms with Gasteiger partial charge in [-0.15, -0.1) is 11.3 Å². The molecule has 1 aliphatic rings. The Kier molecular flexibility index (Phi) is 5.47. The molecule has 0 aliphatic heterocycles. The molecule has 1 amide bonds. The SMILES string of the molecule is Cc1sc2ccn(Cc3ccc(C(F)(F)F)cc3)c2c1C(=O)NC1(c2ccc(C(=O)[O-])cc2)CC1. The molecule has 2 aromatic heterocycles. The Hall–Kier alpha value is -3.59. The van der Waals surface area contributed by atoms with E-state index >= 15 is 0 Å². The highest BCUT2D eigenvalue weighted by Crippen LogP contribution is 2.46. The number of rotatable bonds is 6. The van der Waals surface area contributed by atoms with Gasteiger partial charge in [-0.25, -0.2) is 0 Å². The highest BCUT2D eigenvalue weighted by Gasteiger charge is 2.46. The van der Waals surface area contributed by atoms with E-state index in [1.54, 1.807) is 12.1 Å². The molecule has 9 heteroatoms. The van der Waals surface area contributed by atoms with E-state index in [1.807, 2.05) is 23.8 Å². The van der Waals surface area contributed by atoms with E-state index in [0.717, 1.165) is 45.6 Å². The first-order chi connectivity index (χ1) is 16.6. The summed E-state index contributed by atoms with van der Waals surface area (Å²) in [6.07, 6.45) is -1.08. The van der Waals surface area contributed by atoms with Gasteiger partial charge in [-0.05, 0) is 54.7 Å². The molecule has 0 radical (unpaired) electrons. The van der Waals surface area contributed by atoms with E-state index in [2.05, 4.69) is 5.32 Å². The number of alkyl halides is 3. The predicted molar refractivity (Wildman–Crippen MR) is 124 cm³/mol. The van der Waals surface area contributed by atoms with Gasteiger partial charge in [-0.3, -0.25) is 4.79 Å². The van der Waals surface area contributed by atoms with Crippen LogP contribution in [-0.4, -0.2) is 16.4 Å². The van der Waals surface area contributed by atoms with Crippen LogP contribution in [0.2, 0.25) is 0 Å². The summed E-state index contributed by atoms with van der Waals surface area (Å²) in [6, 6.07) is 13.3. The van der Waals surface area contributed by atoms with Crippen LogP contribution in [-0.2, 0) is 18.3 Å². The number of carbonyl (C=O) groups excluding carboxylic acids is 2. The second-order valence-corrected chi connectivity index (χ2v) is 10.0. The van der Waals surface area contributed by atoms with Gasteiger partial charge >= 0.3 is 6.18 Å². The van der Waals surface area contributed by atoms with Crippen LogP contribution in [0.1, 0.15) is 55.1 Å². The summed E-state index contributed by atoms with van der Waals surface area (Å²) < 4.78 is 41.5. The number of hydrogen-bond acceptors (Lipinski definition) is 4. The summed E-state index contributed by atoms with van der Waals surface area (Å²) in [7, 11) is 0. The summed E-state index contributed by atoms with van der Waals surface area (Å²) in [5, 5.41) is 14.2. The molecular formula is C26H20F3N2O3S-. The normalized spacial score (nSPS) is 14.7. The standard InChI is InChI=1S/C26H21F3N2O3S/c1-15-21(23(32)30-25(11-12-25)18-8-4-17(5-9-18)24(33)34)22-20(35-15)10-13-31(22)14-16-2-6-19(7-3-16)26(27,28)29/h2-10,13H,11-12,14H2,1H3,(H,30,32)(H,33,34)/p-1. The van der Waals surface area contributed by atoms with Crippen LogP contribution in [0.25, 0.3) is 10.2 Å². The molecule has 1 aliphatic carbocycles. The quantitative estimate of drug-likeness (QED) is 0.414.